The summed E-state index contributed by atoms with van der Waals surface area (Å²) in [5, 5.41) is 23.3. The molecule has 1 atom stereocenters. The molecular weight excluding hydrogens is 630 g/mol. The van der Waals surface area contributed by atoms with E-state index in [9.17, 15) is 14.4 Å². The number of nitrogens with one attached hydrogen (secondary N) is 4. The van der Waals surface area contributed by atoms with Gasteiger partial charge < -0.3 is 26.6 Å². The number of hydrogen-bond acceptors (Lipinski definition) is 8. The minimum absolute atomic E-state index is 0. The number of tetrazole rings is 1. The van der Waals surface area contributed by atoms with Crippen molar-refractivity contribution in [2.24, 2.45) is 17.6 Å². The number of H-pyrrole nitrogens is 1. The van der Waals surface area contributed by atoms with Crippen LogP contribution in [0.4, 0.5) is 5.69 Å². The quantitative estimate of drug-likeness (QED) is 0.171. The van der Waals surface area contributed by atoms with Crippen LogP contribution < -0.4 is 21.7 Å². The molecule has 6 N–H and O–H groups in total. The van der Waals surface area contributed by atoms with Gasteiger partial charge in [-0.1, -0.05) is 42.5 Å². The summed E-state index contributed by atoms with van der Waals surface area (Å²) in [5.74, 6) is 0.370. The summed E-state index contributed by atoms with van der Waals surface area (Å²) in [5.41, 5.74) is 10.5. The predicted octanol–water partition coefficient (Wildman–Crippen LogP) is 3.43. The third kappa shape index (κ3) is 8.43. The highest BCUT2D eigenvalue weighted by atomic mass is 35.5. The zero-order valence-corrected chi connectivity index (χ0v) is 27.5. The Morgan fingerprint density at radius 2 is 1.58 bits per heavy atom. The number of rotatable bonds is 10. The van der Waals surface area contributed by atoms with Crippen LogP contribution in [0, 0.1) is 11.8 Å². The smallest absolute Gasteiger partial charge is 0.254 e. The standard InChI is InChI=1S/C35H41N9O3.ClH/c36-22-24-7-11-27(12-8-24)33(45)39-31(34(46)38-28-15-13-26(14-16-28)32-40-42-43-41-32)21-23-5-9-25(10-6-23)29-3-1-2-4-30(29)35(47)44-19-17-37-18-20-44;/h1-6,9-10,13-16,24,27,31,37H,7-8,11-12,17-22,36H2,(H,38,46)(H,39,45)(H,40,41,42,43);1H/t24-,27-,31-;/m0./s1. The van der Waals surface area contributed by atoms with E-state index in [1.165, 1.54) is 0 Å². The molecule has 48 heavy (non-hydrogen) atoms. The third-order valence-electron chi connectivity index (χ3n) is 9.21. The van der Waals surface area contributed by atoms with Gasteiger partial charge in [-0.15, -0.1) is 22.6 Å². The average molecular weight is 672 g/mol. The van der Waals surface area contributed by atoms with Crippen molar-refractivity contribution in [3.8, 4) is 22.5 Å². The summed E-state index contributed by atoms with van der Waals surface area (Å²) in [6, 6.07) is 21.9. The van der Waals surface area contributed by atoms with E-state index >= 15 is 0 Å². The number of nitrogens with two attached hydrogens (primary N) is 1. The summed E-state index contributed by atoms with van der Waals surface area (Å²) in [7, 11) is 0. The second-order valence-corrected chi connectivity index (χ2v) is 12.3. The van der Waals surface area contributed by atoms with Crippen LogP contribution in [-0.4, -0.2) is 82.0 Å². The number of carbonyl (C=O) groups is 3. The monoisotopic (exact) mass is 671 g/mol. The molecule has 0 radical (unpaired) electrons. The number of aromatic nitrogens is 4. The maximum Gasteiger partial charge on any atom is 0.254 e. The van der Waals surface area contributed by atoms with E-state index in [1.807, 2.05) is 53.4 Å². The Kier molecular flexibility index (Phi) is 11.9. The first kappa shape index (κ1) is 34.7. The summed E-state index contributed by atoms with van der Waals surface area (Å²) >= 11 is 0. The van der Waals surface area contributed by atoms with Crippen LogP contribution in [0.15, 0.2) is 72.8 Å². The third-order valence-corrected chi connectivity index (χ3v) is 9.21. The van der Waals surface area contributed by atoms with Crippen molar-refractivity contribution in [3.05, 3.63) is 83.9 Å². The van der Waals surface area contributed by atoms with Gasteiger partial charge in [0.15, 0.2) is 0 Å². The maximum absolute atomic E-state index is 13.7. The first-order valence-electron chi connectivity index (χ1n) is 16.3. The lowest BCUT2D eigenvalue weighted by Gasteiger charge is -2.28. The molecule has 0 spiro atoms. The van der Waals surface area contributed by atoms with Gasteiger partial charge in [0.25, 0.3) is 5.91 Å². The van der Waals surface area contributed by atoms with Crippen molar-refractivity contribution in [2.45, 2.75) is 38.1 Å². The molecule has 3 aromatic carbocycles. The van der Waals surface area contributed by atoms with E-state index in [2.05, 4.69) is 36.6 Å². The lowest BCUT2D eigenvalue weighted by Crippen LogP contribution is -2.48. The van der Waals surface area contributed by atoms with Crippen molar-refractivity contribution in [3.63, 3.8) is 0 Å². The van der Waals surface area contributed by atoms with Gasteiger partial charge in [0, 0.05) is 55.3 Å². The van der Waals surface area contributed by atoms with Gasteiger partial charge in [-0.2, -0.15) is 5.21 Å². The Bertz CT molecular complexity index is 1650. The van der Waals surface area contributed by atoms with Gasteiger partial charge in [0.2, 0.25) is 17.6 Å². The van der Waals surface area contributed by atoms with Gasteiger partial charge in [0.05, 0.1) is 0 Å². The molecule has 1 saturated carbocycles. The average Bonchev–Trinajstić information content (AvgIpc) is 3.67. The summed E-state index contributed by atoms with van der Waals surface area (Å²) in [6.07, 6.45) is 3.66. The van der Waals surface area contributed by atoms with Gasteiger partial charge in [-0.05, 0) is 90.4 Å². The van der Waals surface area contributed by atoms with Crippen molar-refractivity contribution < 1.29 is 14.4 Å². The minimum atomic E-state index is -0.793. The highest BCUT2D eigenvalue weighted by molar-refractivity contribution is 6.01. The second-order valence-electron chi connectivity index (χ2n) is 12.3. The maximum atomic E-state index is 13.7. The van der Waals surface area contributed by atoms with E-state index in [-0.39, 0.29) is 36.0 Å². The van der Waals surface area contributed by atoms with Crippen LogP contribution in [0.3, 0.4) is 0 Å². The van der Waals surface area contributed by atoms with E-state index in [4.69, 9.17) is 5.73 Å². The van der Waals surface area contributed by atoms with Gasteiger partial charge in [0.1, 0.15) is 6.04 Å². The normalized spacial score (nSPS) is 18.3. The number of nitrogens with zero attached hydrogens (tertiary/aromatic N) is 4. The molecule has 13 heteroatoms. The first-order valence-corrected chi connectivity index (χ1v) is 16.3. The Morgan fingerprint density at radius 1 is 0.896 bits per heavy atom. The second kappa shape index (κ2) is 16.4. The molecule has 1 aliphatic heterocycles. The number of piperazine rings is 1. The number of carbonyl (C=O) groups excluding carboxylic acids is 3. The van der Waals surface area contributed by atoms with Crippen LogP contribution >= 0.6 is 12.4 Å². The molecule has 12 nitrogen and oxygen atoms in total. The fraction of sp³-hybridized carbons (Fsp3) is 0.371. The minimum Gasteiger partial charge on any atom is -0.344 e. The molecule has 4 aromatic rings. The van der Waals surface area contributed by atoms with E-state index in [0.717, 1.165) is 61.0 Å². The van der Waals surface area contributed by atoms with Crippen molar-refractivity contribution in [2.75, 3.05) is 38.0 Å². The highest BCUT2D eigenvalue weighted by Gasteiger charge is 2.29. The highest BCUT2D eigenvalue weighted by Crippen LogP contribution is 2.29. The molecule has 3 amide bonds. The molecule has 6 rings (SSSR count). The molecule has 1 aliphatic carbocycles. The van der Waals surface area contributed by atoms with E-state index in [1.54, 1.807) is 24.3 Å². The molecule has 0 bridgehead atoms. The largest absolute Gasteiger partial charge is 0.344 e. The fourth-order valence-electron chi connectivity index (χ4n) is 6.39. The Labute approximate surface area is 286 Å². The zero-order valence-electron chi connectivity index (χ0n) is 26.7. The molecule has 2 aliphatic rings. The Morgan fingerprint density at radius 3 is 2.25 bits per heavy atom. The fourth-order valence-corrected chi connectivity index (χ4v) is 6.39. The predicted molar refractivity (Wildman–Crippen MR) is 186 cm³/mol. The molecular formula is C35H42ClN9O3. The molecule has 1 saturated heterocycles. The molecule has 252 valence electrons. The lowest BCUT2D eigenvalue weighted by molar-refractivity contribution is -0.130. The Balaban J connectivity index is 0.00000451. The number of halogens is 1. The van der Waals surface area contributed by atoms with Crippen molar-refractivity contribution in [1.82, 2.24) is 36.2 Å². The Hall–Kier alpha value is -4.65. The zero-order chi connectivity index (χ0) is 32.6. The molecule has 2 fully saturated rings. The van der Waals surface area contributed by atoms with Gasteiger partial charge in [-0.3, -0.25) is 14.4 Å². The van der Waals surface area contributed by atoms with Crippen LogP contribution in [-0.2, 0) is 16.0 Å². The summed E-state index contributed by atoms with van der Waals surface area (Å²) in [6.45, 7) is 3.56. The summed E-state index contributed by atoms with van der Waals surface area (Å²) in [4.78, 5) is 42.4. The number of anilines is 1. The van der Waals surface area contributed by atoms with E-state index in [0.29, 0.717) is 49.0 Å². The SMILES string of the molecule is Cl.NC[C@H]1CC[C@H](C(=O)N[C@@H](Cc2ccc(-c3ccccc3C(=O)N3CCNCC3)cc2)C(=O)Nc2ccc(-c3nn[nH]n3)cc2)CC1. The van der Waals surface area contributed by atoms with Crippen molar-refractivity contribution >= 4 is 35.8 Å². The number of amides is 3. The molecule has 0 unspecified atom stereocenters. The van der Waals surface area contributed by atoms with Crippen LogP contribution in [0.25, 0.3) is 22.5 Å². The number of benzene rings is 3. The molecule has 1 aromatic heterocycles. The topological polar surface area (TPSA) is 171 Å². The van der Waals surface area contributed by atoms with Gasteiger partial charge >= 0.3 is 0 Å². The van der Waals surface area contributed by atoms with Crippen LogP contribution in [0.1, 0.15) is 41.6 Å². The summed E-state index contributed by atoms with van der Waals surface area (Å²) < 4.78 is 0. The molecule has 2 heterocycles. The van der Waals surface area contributed by atoms with Crippen LogP contribution in [0.5, 0.6) is 0 Å². The van der Waals surface area contributed by atoms with E-state index < -0.39 is 6.04 Å². The van der Waals surface area contributed by atoms with Crippen LogP contribution in [0.2, 0.25) is 0 Å². The lowest BCUT2D eigenvalue weighted by atomic mass is 9.81. The first-order chi connectivity index (χ1) is 23.0. The van der Waals surface area contributed by atoms with Gasteiger partial charge in [-0.25, -0.2) is 0 Å². The number of aromatic amines is 1. The number of hydrogen-bond donors (Lipinski definition) is 5. The van der Waals surface area contributed by atoms with Crippen molar-refractivity contribution in [1.29, 1.82) is 0 Å².